The molecule has 0 aromatic carbocycles. The molecule has 7 nitrogen and oxygen atoms in total. The van der Waals surface area contributed by atoms with Gasteiger partial charge in [-0.2, -0.15) is 5.10 Å². The summed E-state index contributed by atoms with van der Waals surface area (Å²) in [5, 5.41) is 6.48. The molecule has 0 unspecified atom stereocenters. The van der Waals surface area contributed by atoms with Gasteiger partial charge in [0, 0.05) is 13.3 Å². The number of hydrogen-bond acceptors (Lipinski definition) is 4. The number of methoxy groups -OCH3 is 1. The maximum atomic E-state index is 11.4. The maximum Gasteiger partial charge on any atom is 0.329 e. The van der Waals surface area contributed by atoms with E-state index >= 15 is 0 Å². The van der Waals surface area contributed by atoms with Crippen LogP contribution in [0.5, 0.6) is 0 Å². The molecule has 0 spiro atoms. The van der Waals surface area contributed by atoms with E-state index in [0.29, 0.717) is 18.8 Å². The molecule has 16 heavy (non-hydrogen) atoms. The van der Waals surface area contributed by atoms with Gasteiger partial charge in [-0.05, 0) is 0 Å². The number of nitrogens with one attached hydrogen (secondary N) is 1. The fourth-order valence-electron chi connectivity index (χ4n) is 1.46. The lowest BCUT2D eigenvalue weighted by atomic mass is 10.4. The van der Waals surface area contributed by atoms with Crippen LogP contribution in [-0.2, 0) is 16.1 Å². The summed E-state index contributed by atoms with van der Waals surface area (Å²) < 4.78 is 6.52. The largest absolute Gasteiger partial charge is 0.383 e. The lowest BCUT2D eigenvalue weighted by molar-refractivity contribution is -0.115. The summed E-state index contributed by atoms with van der Waals surface area (Å²) in [6.07, 6.45) is 3.13. The molecule has 86 valence electrons. The molecule has 2 heterocycles. The Morgan fingerprint density at radius 1 is 1.56 bits per heavy atom. The van der Waals surface area contributed by atoms with E-state index in [0.717, 1.165) is 4.90 Å². The van der Waals surface area contributed by atoms with Crippen molar-refractivity contribution in [1.29, 1.82) is 0 Å². The fourth-order valence-corrected chi connectivity index (χ4v) is 1.46. The Hall–Kier alpha value is -1.89. The van der Waals surface area contributed by atoms with E-state index in [9.17, 15) is 9.59 Å². The van der Waals surface area contributed by atoms with Crippen LogP contribution in [0.25, 0.3) is 0 Å². The highest BCUT2D eigenvalue weighted by molar-refractivity contribution is 6.19. The zero-order chi connectivity index (χ0) is 11.5. The van der Waals surface area contributed by atoms with E-state index < -0.39 is 6.03 Å². The first kappa shape index (κ1) is 10.6. The molecule has 7 heteroatoms. The molecule has 0 radical (unpaired) electrons. The number of carbonyl (C=O) groups excluding carboxylic acids is 2. The first-order valence-electron chi connectivity index (χ1n) is 4.84. The van der Waals surface area contributed by atoms with Crippen LogP contribution in [0.1, 0.15) is 0 Å². The van der Waals surface area contributed by atoms with Crippen LogP contribution >= 0.6 is 0 Å². The highest BCUT2D eigenvalue weighted by atomic mass is 16.5. The predicted molar refractivity (Wildman–Crippen MR) is 55.0 cm³/mol. The Kier molecular flexibility index (Phi) is 2.86. The van der Waals surface area contributed by atoms with Gasteiger partial charge < -0.3 is 10.1 Å². The Bertz CT molecular complexity index is 399. The van der Waals surface area contributed by atoms with Gasteiger partial charge in [-0.15, -0.1) is 0 Å². The van der Waals surface area contributed by atoms with Gasteiger partial charge >= 0.3 is 6.03 Å². The molecule has 1 aliphatic rings. The van der Waals surface area contributed by atoms with Crippen molar-refractivity contribution in [3.05, 3.63) is 12.4 Å². The minimum Gasteiger partial charge on any atom is -0.383 e. The minimum absolute atomic E-state index is 0.0437. The lowest BCUT2D eigenvalue weighted by Crippen LogP contribution is -2.30. The number of aromatic nitrogens is 2. The summed E-state index contributed by atoms with van der Waals surface area (Å²) in [4.78, 5) is 23.8. The smallest absolute Gasteiger partial charge is 0.329 e. The van der Waals surface area contributed by atoms with E-state index in [1.54, 1.807) is 18.0 Å². The van der Waals surface area contributed by atoms with Crippen LogP contribution < -0.4 is 10.2 Å². The molecule has 1 aliphatic heterocycles. The number of urea groups is 1. The quantitative estimate of drug-likeness (QED) is 0.705. The van der Waals surface area contributed by atoms with Gasteiger partial charge in [0.05, 0.1) is 31.6 Å². The summed E-state index contributed by atoms with van der Waals surface area (Å²) in [7, 11) is 1.60. The van der Waals surface area contributed by atoms with Gasteiger partial charge in [-0.1, -0.05) is 0 Å². The number of hydrogen-bond donors (Lipinski definition) is 1. The fraction of sp³-hybridized carbons (Fsp3) is 0.444. The normalized spacial score (nSPS) is 15.7. The number of ether oxygens (including phenoxy) is 1. The van der Waals surface area contributed by atoms with Crippen molar-refractivity contribution in [2.75, 3.05) is 25.2 Å². The monoisotopic (exact) mass is 224 g/mol. The molecular formula is C9H12N4O3. The van der Waals surface area contributed by atoms with Crippen molar-refractivity contribution < 1.29 is 14.3 Å². The Balaban J connectivity index is 2.12. The molecule has 1 N–H and O–H groups in total. The van der Waals surface area contributed by atoms with Gasteiger partial charge in [0.2, 0.25) is 0 Å². The van der Waals surface area contributed by atoms with Crippen LogP contribution in [0, 0.1) is 0 Å². The molecule has 2 rings (SSSR count). The molecule has 1 aromatic heterocycles. The second-order valence-corrected chi connectivity index (χ2v) is 3.34. The van der Waals surface area contributed by atoms with Gasteiger partial charge in [-0.25, -0.2) is 9.69 Å². The van der Waals surface area contributed by atoms with Crippen molar-refractivity contribution in [3.8, 4) is 0 Å². The van der Waals surface area contributed by atoms with Crippen LogP contribution in [0.2, 0.25) is 0 Å². The molecule has 1 aromatic rings. The predicted octanol–water partition coefficient (Wildman–Crippen LogP) is -0.414. The summed E-state index contributed by atoms with van der Waals surface area (Å²) in [5.74, 6) is -0.267. The van der Waals surface area contributed by atoms with Crippen molar-refractivity contribution in [1.82, 2.24) is 15.1 Å². The third kappa shape index (κ3) is 1.89. The molecule has 3 amide bonds. The maximum absolute atomic E-state index is 11.4. The number of amides is 3. The van der Waals surface area contributed by atoms with Crippen LogP contribution in [0.15, 0.2) is 12.4 Å². The SMILES string of the molecule is COCCn1cc(N2C(=O)CNC2=O)cn1. The molecule has 0 atom stereocenters. The van der Waals surface area contributed by atoms with E-state index in [-0.39, 0.29) is 12.5 Å². The average molecular weight is 224 g/mol. The van der Waals surface area contributed by atoms with Gasteiger partial charge in [-0.3, -0.25) is 9.48 Å². The lowest BCUT2D eigenvalue weighted by Gasteiger charge is -2.08. The third-order valence-corrected chi connectivity index (χ3v) is 2.25. The zero-order valence-corrected chi connectivity index (χ0v) is 8.84. The van der Waals surface area contributed by atoms with E-state index in [1.807, 2.05) is 0 Å². The summed E-state index contributed by atoms with van der Waals surface area (Å²) in [5.41, 5.74) is 0.483. The molecule has 1 fully saturated rings. The molecule has 0 saturated carbocycles. The molecule has 0 bridgehead atoms. The second kappa shape index (κ2) is 4.31. The standard InChI is InChI=1S/C9H12N4O3/c1-16-3-2-12-6-7(4-11-12)13-8(14)5-10-9(13)15/h4,6H,2-3,5H2,1H3,(H,10,15). The first-order chi connectivity index (χ1) is 7.72. The van der Waals surface area contributed by atoms with Crippen LogP contribution in [-0.4, -0.2) is 42.0 Å². The van der Waals surface area contributed by atoms with Crippen molar-refractivity contribution in [2.24, 2.45) is 0 Å². The average Bonchev–Trinajstić information content (AvgIpc) is 2.83. The number of imide groups is 1. The topological polar surface area (TPSA) is 76.5 Å². The van der Waals surface area contributed by atoms with Crippen LogP contribution in [0.4, 0.5) is 10.5 Å². The van der Waals surface area contributed by atoms with Crippen molar-refractivity contribution in [2.45, 2.75) is 6.54 Å². The van der Waals surface area contributed by atoms with E-state index in [2.05, 4.69) is 10.4 Å². The Morgan fingerprint density at radius 3 is 3.00 bits per heavy atom. The Labute approximate surface area is 92.0 Å². The summed E-state index contributed by atoms with van der Waals surface area (Å²) in [6.45, 7) is 1.16. The molecular weight excluding hydrogens is 212 g/mol. The van der Waals surface area contributed by atoms with Gasteiger partial charge in [0.1, 0.15) is 0 Å². The number of rotatable bonds is 4. The van der Waals surface area contributed by atoms with E-state index in [4.69, 9.17) is 4.74 Å². The Morgan fingerprint density at radius 2 is 2.38 bits per heavy atom. The van der Waals surface area contributed by atoms with Gasteiger partial charge in [0.15, 0.2) is 0 Å². The molecule has 0 aliphatic carbocycles. The van der Waals surface area contributed by atoms with Crippen molar-refractivity contribution >= 4 is 17.6 Å². The van der Waals surface area contributed by atoms with Gasteiger partial charge in [0.25, 0.3) is 5.91 Å². The third-order valence-electron chi connectivity index (χ3n) is 2.25. The molecule has 1 saturated heterocycles. The highest BCUT2D eigenvalue weighted by Gasteiger charge is 2.30. The minimum atomic E-state index is -0.406. The number of nitrogens with zero attached hydrogens (tertiary/aromatic N) is 3. The number of anilines is 1. The second-order valence-electron chi connectivity index (χ2n) is 3.34. The first-order valence-corrected chi connectivity index (χ1v) is 4.84. The zero-order valence-electron chi connectivity index (χ0n) is 8.84. The highest BCUT2D eigenvalue weighted by Crippen LogP contribution is 2.15. The van der Waals surface area contributed by atoms with E-state index in [1.165, 1.54) is 6.20 Å². The van der Waals surface area contributed by atoms with Crippen LogP contribution in [0.3, 0.4) is 0 Å². The summed E-state index contributed by atoms with van der Waals surface area (Å²) >= 11 is 0. The summed E-state index contributed by atoms with van der Waals surface area (Å²) in [6, 6.07) is -0.406. The van der Waals surface area contributed by atoms with Crippen molar-refractivity contribution in [3.63, 3.8) is 0 Å². The number of carbonyl (C=O) groups is 2.